The van der Waals surface area contributed by atoms with Crippen molar-refractivity contribution in [1.82, 2.24) is 5.32 Å². The van der Waals surface area contributed by atoms with E-state index in [1.807, 2.05) is 18.4 Å². The fourth-order valence-electron chi connectivity index (χ4n) is 0.918. The van der Waals surface area contributed by atoms with Gasteiger partial charge in [-0.25, -0.2) is 0 Å². The number of aliphatic carboxylic acids is 1. The maximum Gasteiger partial charge on any atom is 0.320 e. The molecule has 0 radical (unpaired) electrons. The summed E-state index contributed by atoms with van der Waals surface area (Å²) in [6, 6.07) is 1.55. The fraction of sp³-hybridized carbons (Fsp3) is 0.444. The largest absolute Gasteiger partial charge is 0.480 e. The lowest BCUT2D eigenvalue weighted by Crippen LogP contribution is -2.32. The maximum atomic E-state index is 10.5. The minimum atomic E-state index is -0.811. The summed E-state index contributed by atoms with van der Waals surface area (Å²) in [6.45, 7) is 4.31. The predicted octanol–water partition coefficient (Wildman–Crippen LogP) is 1.62. The molecule has 1 unspecified atom stereocenters. The van der Waals surface area contributed by atoms with Gasteiger partial charge in [0.25, 0.3) is 0 Å². The highest BCUT2D eigenvalue weighted by atomic mass is 32.1. The lowest BCUT2D eigenvalue weighted by molar-refractivity contribution is -0.139. The molecular weight excluding hydrogens is 186 g/mol. The van der Waals surface area contributed by atoms with Crippen molar-refractivity contribution in [1.29, 1.82) is 0 Å². The van der Waals surface area contributed by atoms with Crippen LogP contribution in [0.1, 0.15) is 17.4 Å². The van der Waals surface area contributed by atoms with Gasteiger partial charge in [-0.15, -0.1) is 11.3 Å². The molecule has 0 aliphatic heterocycles. The number of nitrogens with one attached hydrogen (secondary N) is 1. The topological polar surface area (TPSA) is 49.3 Å². The van der Waals surface area contributed by atoms with Crippen molar-refractivity contribution >= 4 is 17.3 Å². The summed E-state index contributed by atoms with van der Waals surface area (Å²) >= 11 is 1.65. The molecular formula is C9H13NO2S. The predicted molar refractivity (Wildman–Crippen MR) is 53.0 cm³/mol. The molecule has 13 heavy (non-hydrogen) atoms. The lowest BCUT2D eigenvalue weighted by atomic mass is 10.2. The van der Waals surface area contributed by atoms with Gasteiger partial charge in [0.05, 0.1) is 0 Å². The number of carboxylic acids is 1. The van der Waals surface area contributed by atoms with Gasteiger partial charge in [-0.1, -0.05) is 0 Å². The molecule has 1 rings (SSSR count). The Morgan fingerprint density at radius 3 is 2.92 bits per heavy atom. The van der Waals surface area contributed by atoms with E-state index >= 15 is 0 Å². The molecule has 0 saturated heterocycles. The molecule has 0 aromatic carbocycles. The normalized spacial score (nSPS) is 12.8. The second-order valence-electron chi connectivity index (χ2n) is 2.97. The first-order valence-corrected chi connectivity index (χ1v) is 4.98. The van der Waals surface area contributed by atoms with Crippen LogP contribution in [0.15, 0.2) is 11.4 Å². The number of rotatable bonds is 4. The Labute approximate surface area is 81.4 Å². The number of hydrogen-bond acceptors (Lipinski definition) is 3. The third kappa shape index (κ3) is 2.82. The summed E-state index contributed by atoms with van der Waals surface area (Å²) < 4.78 is 0. The lowest BCUT2D eigenvalue weighted by Gasteiger charge is -2.07. The van der Waals surface area contributed by atoms with Crippen LogP contribution in [0.25, 0.3) is 0 Å². The molecule has 72 valence electrons. The molecule has 0 amide bonds. The van der Waals surface area contributed by atoms with Crippen LogP contribution in [0.5, 0.6) is 0 Å². The van der Waals surface area contributed by atoms with E-state index in [1.165, 1.54) is 10.4 Å². The van der Waals surface area contributed by atoms with Crippen LogP contribution >= 0.6 is 11.3 Å². The van der Waals surface area contributed by atoms with Crippen LogP contribution in [0, 0.1) is 6.92 Å². The number of hydrogen-bond donors (Lipinski definition) is 2. The summed E-state index contributed by atoms with van der Waals surface area (Å²) in [6.07, 6.45) is 0. The SMILES string of the molecule is Cc1ccsc1CNC(C)C(=O)O. The van der Waals surface area contributed by atoms with Crippen LogP contribution in [-0.4, -0.2) is 17.1 Å². The van der Waals surface area contributed by atoms with Crippen molar-refractivity contribution in [2.45, 2.75) is 26.4 Å². The Morgan fingerprint density at radius 1 is 1.77 bits per heavy atom. The van der Waals surface area contributed by atoms with Crippen molar-refractivity contribution in [3.05, 3.63) is 21.9 Å². The smallest absolute Gasteiger partial charge is 0.320 e. The van der Waals surface area contributed by atoms with Crippen molar-refractivity contribution in [3.8, 4) is 0 Å². The van der Waals surface area contributed by atoms with E-state index in [4.69, 9.17) is 5.11 Å². The van der Waals surface area contributed by atoms with Gasteiger partial charge in [-0.3, -0.25) is 10.1 Å². The van der Waals surface area contributed by atoms with Crippen LogP contribution in [0.4, 0.5) is 0 Å². The van der Waals surface area contributed by atoms with Gasteiger partial charge >= 0.3 is 5.97 Å². The van der Waals surface area contributed by atoms with E-state index in [-0.39, 0.29) is 0 Å². The van der Waals surface area contributed by atoms with Gasteiger partial charge < -0.3 is 5.11 Å². The molecule has 0 aliphatic carbocycles. The van der Waals surface area contributed by atoms with Gasteiger partial charge in [0, 0.05) is 11.4 Å². The van der Waals surface area contributed by atoms with Gasteiger partial charge in [0.2, 0.25) is 0 Å². The summed E-state index contributed by atoms with van der Waals surface area (Å²) in [5, 5.41) is 13.6. The van der Waals surface area contributed by atoms with E-state index in [2.05, 4.69) is 5.32 Å². The van der Waals surface area contributed by atoms with E-state index in [1.54, 1.807) is 18.3 Å². The van der Waals surface area contributed by atoms with Crippen molar-refractivity contribution in [2.75, 3.05) is 0 Å². The summed E-state index contributed by atoms with van der Waals surface area (Å²) in [7, 11) is 0. The van der Waals surface area contributed by atoms with Gasteiger partial charge in [-0.05, 0) is 30.9 Å². The molecule has 0 bridgehead atoms. The first-order valence-electron chi connectivity index (χ1n) is 4.10. The molecule has 1 aromatic heterocycles. The number of carbonyl (C=O) groups is 1. The molecule has 1 heterocycles. The second kappa shape index (κ2) is 4.39. The van der Waals surface area contributed by atoms with Crippen LogP contribution in [0.2, 0.25) is 0 Å². The maximum absolute atomic E-state index is 10.5. The Morgan fingerprint density at radius 2 is 2.46 bits per heavy atom. The number of aryl methyl sites for hydroxylation is 1. The molecule has 0 spiro atoms. The Bertz CT molecular complexity index is 296. The van der Waals surface area contributed by atoms with Crippen LogP contribution < -0.4 is 5.32 Å². The Balaban J connectivity index is 2.44. The highest BCUT2D eigenvalue weighted by Gasteiger charge is 2.10. The average molecular weight is 199 g/mol. The quantitative estimate of drug-likeness (QED) is 0.774. The van der Waals surface area contributed by atoms with Crippen molar-refractivity contribution in [2.24, 2.45) is 0 Å². The van der Waals surface area contributed by atoms with Crippen molar-refractivity contribution in [3.63, 3.8) is 0 Å². The van der Waals surface area contributed by atoms with Gasteiger partial charge in [0.15, 0.2) is 0 Å². The molecule has 0 aliphatic rings. The third-order valence-corrected chi connectivity index (χ3v) is 2.93. The van der Waals surface area contributed by atoms with E-state index in [9.17, 15) is 4.79 Å². The van der Waals surface area contributed by atoms with Crippen LogP contribution in [0.3, 0.4) is 0 Å². The van der Waals surface area contributed by atoms with Gasteiger partial charge in [0.1, 0.15) is 6.04 Å². The molecule has 1 atom stereocenters. The third-order valence-electron chi connectivity index (χ3n) is 1.91. The zero-order chi connectivity index (χ0) is 9.84. The van der Waals surface area contributed by atoms with E-state index in [0.29, 0.717) is 6.54 Å². The average Bonchev–Trinajstić information content (AvgIpc) is 2.47. The zero-order valence-electron chi connectivity index (χ0n) is 7.70. The standard InChI is InChI=1S/C9H13NO2S/c1-6-3-4-13-8(6)5-10-7(2)9(11)12/h3-4,7,10H,5H2,1-2H3,(H,11,12). The fourth-order valence-corrected chi connectivity index (χ4v) is 1.78. The van der Waals surface area contributed by atoms with Crippen molar-refractivity contribution < 1.29 is 9.90 Å². The second-order valence-corrected chi connectivity index (χ2v) is 3.97. The monoisotopic (exact) mass is 199 g/mol. The minimum absolute atomic E-state index is 0.485. The summed E-state index contributed by atoms with van der Waals surface area (Å²) in [5.74, 6) is -0.811. The molecule has 0 fully saturated rings. The molecule has 0 saturated carbocycles. The van der Waals surface area contributed by atoms with Gasteiger partial charge in [-0.2, -0.15) is 0 Å². The van der Waals surface area contributed by atoms with Crippen LogP contribution in [-0.2, 0) is 11.3 Å². The molecule has 2 N–H and O–H groups in total. The first kappa shape index (κ1) is 10.2. The molecule has 1 aromatic rings. The molecule has 3 nitrogen and oxygen atoms in total. The summed E-state index contributed by atoms with van der Waals surface area (Å²) in [4.78, 5) is 11.7. The Kier molecular flexibility index (Phi) is 3.45. The zero-order valence-corrected chi connectivity index (χ0v) is 8.52. The molecule has 4 heteroatoms. The first-order chi connectivity index (χ1) is 6.11. The van der Waals surface area contributed by atoms with E-state index in [0.717, 1.165) is 0 Å². The highest BCUT2D eigenvalue weighted by molar-refractivity contribution is 7.10. The summed E-state index contributed by atoms with van der Waals surface area (Å²) in [5.41, 5.74) is 1.22. The minimum Gasteiger partial charge on any atom is -0.480 e. The van der Waals surface area contributed by atoms with E-state index < -0.39 is 12.0 Å². The number of thiophene rings is 1. The number of carboxylic acid groups (broad SMARTS) is 1. The highest BCUT2D eigenvalue weighted by Crippen LogP contribution is 2.14. The Hall–Kier alpha value is -0.870.